The SMILES string of the molecule is Cc1ncc(-c2ccccc2O)[nH]1. The minimum Gasteiger partial charge on any atom is -0.507 e. The highest BCUT2D eigenvalue weighted by Gasteiger charge is 2.04. The van der Waals surface area contributed by atoms with Crippen LogP contribution >= 0.6 is 0 Å². The van der Waals surface area contributed by atoms with Crippen molar-refractivity contribution >= 4 is 0 Å². The molecule has 0 fully saturated rings. The van der Waals surface area contributed by atoms with E-state index in [9.17, 15) is 5.11 Å². The van der Waals surface area contributed by atoms with Gasteiger partial charge in [-0.2, -0.15) is 0 Å². The lowest BCUT2D eigenvalue weighted by atomic mass is 10.1. The lowest BCUT2D eigenvalue weighted by molar-refractivity contribution is 0.477. The van der Waals surface area contributed by atoms with Crippen LogP contribution < -0.4 is 0 Å². The van der Waals surface area contributed by atoms with Crippen LogP contribution in [0, 0.1) is 6.92 Å². The standard InChI is InChI=1S/C10H10N2O/c1-7-11-6-9(12-7)8-4-2-3-5-10(8)13/h2-6,13H,1H3,(H,11,12). The van der Waals surface area contributed by atoms with Crippen molar-refractivity contribution in [2.75, 3.05) is 0 Å². The number of aromatic amines is 1. The van der Waals surface area contributed by atoms with Gasteiger partial charge in [0.1, 0.15) is 11.6 Å². The molecule has 0 amide bonds. The van der Waals surface area contributed by atoms with Crippen LogP contribution in [0.5, 0.6) is 5.75 Å². The molecule has 0 atom stereocenters. The normalized spacial score (nSPS) is 10.2. The van der Waals surface area contributed by atoms with Crippen molar-refractivity contribution in [3.05, 3.63) is 36.3 Å². The maximum Gasteiger partial charge on any atom is 0.124 e. The first-order valence-electron chi connectivity index (χ1n) is 4.07. The highest BCUT2D eigenvalue weighted by atomic mass is 16.3. The van der Waals surface area contributed by atoms with Crippen molar-refractivity contribution < 1.29 is 5.11 Å². The summed E-state index contributed by atoms with van der Waals surface area (Å²) in [5.74, 6) is 1.12. The van der Waals surface area contributed by atoms with Crippen LogP contribution in [0.3, 0.4) is 0 Å². The Bertz CT molecular complexity index is 420. The van der Waals surface area contributed by atoms with Gasteiger partial charge in [-0.05, 0) is 19.1 Å². The van der Waals surface area contributed by atoms with Gasteiger partial charge in [0.25, 0.3) is 0 Å². The first kappa shape index (κ1) is 7.86. The summed E-state index contributed by atoms with van der Waals surface area (Å²) in [6.45, 7) is 1.88. The topological polar surface area (TPSA) is 48.9 Å². The van der Waals surface area contributed by atoms with Crippen LogP contribution in [0.4, 0.5) is 0 Å². The number of para-hydroxylation sites is 1. The first-order chi connectivity index (χ1) is 6.27. The van der Waals surface area contributed by atoms with E-state index < -0.39 is 0 Å². The minimum atomic E-state index is 0.270. The minimum absolute atomic E-state index is 0.270. The maximum atomic E-state index is 9.53. The summed E-state index contributed by atoms with van der Waals surface area (Å²) in [5, 5.41) is 9.53. The van der Waals surface area contributed by atoms with Gasteiger partial charge >= 0.3 is 0 Å². The van der Waals surface area contributed by atoms with Gasteiger partial charge in [-0.15, -0.1) is 0 Å². The number of phenols is 1. The second kappa shape index (κ2) is 2.94. The Morgan fingerprint density at radius 1 is 1.31 bits per heavy atom. The van der Waals surface area contributed by atoms with Crippen molar-refractivity contribution in [3.8, 4) is 17.0 Å². The number of nitrogens with one attached hydrogen (secondary N) is 1. The van der Waals surface area contributed by atoms with E-state index >= 15 is 0 Å². The van der Waals surface area contributed by atoms with Crippen molar-refractivity contribution in [2.24, 2.45) is 0 Å². The van der Waals surface area contributed by atoms with E-state index in [0.717, 1.165) is 17.1 Å². The van der Waals surface area contributed by atoms with Crippen molar-refractivity contribution in [3.63, 3.8) is 0 Å². The van der Waals surface area contributed by atoms with Crippen molar-refractivity contribution in [1.82, 2.24) is 9.97 Å². The fourth-order valence-corrected chi connectivity index (χ4v) is 1.26. The van der Waals surface area contributed by atoms with Crippen LogP contribution in [0.1, 0.15) is 5.82 Å². The van der Waals surface area contributed by atoms with Crippen molar-refractivity contribution in [1.29, 1.82) is 0 Å². The predicted molar refractivity (Wildman–Crippen MR) is 50.4 cm³/mol. The molecule has 0 aliphatic heterocycles. The molecule has 0 spiro atoms. The summed E-state index contributed by atoms with van der Waals surface area (Å²) in [7, 11) is 0. The molecular formula is C10H10N2O. The first-order valence-corrected chi connectivity index (χ1v) is 4.07. The summed E-state index contributed by atoms with van der Waals surface area (Å²) in [6, 6.07) is 7.18. The fraction of sp³-hybridized carbons (Fsp3) is 0.100. The number of hydrogen-bond acceptors (Lipinski definition) is 2. The van der Waals surface area contributed by atoms with Gasteiger partial charge in [-0.1, -0.05) is 12.1 Å². The molecule has 0 bridgehead atoms. The van der Waals surface area contributed by atoms with Gasteiger partial charge in [0.15, 0.2) is 0 Å². The van der Waals surface area contributed by atoms with Gasteiger partial charge in [0.05, 0.1) is 11.9 Å². The Labute approximate surface area is 76.1 Å². The summed E-state index contributed by atoms with van der Waals surface area (Å²) in [4.78, 5) is 7.13. The summed E-state index contributed by atoms with van der Waals surface area (Å²) < 4.78 is 0. The van der Waals surface area contributed by atoms with Crippen LogP contribution in [0.15, 0.2) is 30.5 Å². The second-order valence-electron chi connectivity index (χ2n) is 2.90. The molecule has 0 saturated carbocycles. The van der Waals surface area contributed by atoms with Gasteiger partial charge in [-0.3, -0.25) is 0 Å². The molecule has 2 rings (SSSR count). The monoisotopic (exact) mass is 174 g/mol. The van der Waals surface area contributed by atoms with Gasteiger partial charge in [-0.25, -0.2) is 4.98 Å². The second-order valence-corrected chi connectivity index (χ2v) is 2.90. The zero-order chi connectivity index (χ0) is 9.26. The lowest BCUT2D eigenvalue weighted by Crippen LogP contribution is -1.78. The molecule has 3 nitrogen and oxygen atoms in total. The molecule has 2 N–H and O–H groups in total. The largest absolute Gasteiger partial charge is 0.507 e. The molecule has 0 aliphatic rings. The number of hydrogen-bond donors (Lipinski definition) is 2. The Kier molecular flexibility index (Phi) is 1.77. The molecule has 0 unspecified atom stereocenters. The molecule has 66 valence electrons. The quantitative estimate of drug-likeness (QED) is 0.695. The number of rotatable bonds is 1. The van der Waals surface area contributed by atoms with Crippen molar-refractivity contribution in [2.45, 2.75) is 6.92 Å². The molecule has 0 radical (unpaired) electrons. The number of aromatic hydroxyl groups is 1. The van der Waals surface area contributed by atoms with Crippen LogP contribution in [-0.4, -0.2) is 15.1 Å². The Hall–Kier alpha value is -1.77. The molecule has 13 heavy (non-hydrogen) atoms. The number of nitrogens with zero attached hydrogens (tertiary/aromatic N) is 1. The van der Waals surface area contributed by atoms with Crippen LogP contribution in [0.25, 0.3) is 11.3 Å². The van der Waals surface area contributed by atoms with Gasteiger partial charge in [0.2, 0.25) is 0 Å². The Morgan fingerprint density at radius 3 is 2.69 bits per heavy atom. The number of aryl methyl sites for hydroxylation is 1. The predicted octanol–water partition coefficient (Wildman–Crippen LogP) is 2.09. The number of H-pyrrole nitrogens is 1. The lowest BCUT2D eigenvalue weighted by Gasteiger charge is -1.99. The van der Waals surface area contributed by atoms with E-state index in [1.54, 1.807) is 18.3 Å². The highest BCUT2D eigenvalue weighted by molar-refractivity contribution is 5.65. The highest BCUT2D eigenvalue weighted by Crippen LogP contribution is 2.26. The zero-order valence-electron chi connectivity index (χ0n) is 7.28. The van der Waals surface area contributed by atoms with E-state index in [4.69, 9.17) is 0 Å². The van der Waals surface area contributed by atoms with E-state index in [1.807, 2.05) is 19.1 Å². The molecule has 0 saturated heterocycles. The molecule has 1 aromatic carbocycles. The van der Waals surface area contributed by atoms with E-state index in [1.165, 1.54) is 0 Å². The third-order valence-electron chi connectivity index (χ3n) is 1.90. The number of phenolic OH excluding ortho intramolecular Hbond substituents is 1. The number of benzene rings is 1. The average Bonchev–Trinajstić information content (AvgIpc) is 2.53. The van der Waals surface area contributed by atoms with Crippen LogP contribution in [0.2, 0.25) is 0 Å². The van der Waals surface area contributed by atoms with Gasteiger partial charge < -0.3 is 10.1 Å². The van der Waals surface area contributed by atoms with E-state index in [2.05, 4.69) is 9.97 Å². The molecule has 0 aliphatic carbocycles. The molecule has 1 heterocycles. The smallest absolute Gasteiger partial charge is 0.124 e. The Balaban J connectivity index is 2.52. The molecule has 2 aromatic rings. The Morgan fingerprint density at radius 2 is 2.08 bits per heavy atom. The van der Waals surface area contributed by atoms with Crippen LogP contribution in [-0.2, 0) is 0 Å². The average molecular weight is 174 g/mol. The third-order valence-corrected chi connectivity index (χ3v) is 1.90. The van der Waals surface area contributed by atoms with E-state index in [0.29, 0.717) is 0 Å². The molecular weight excluding hydrogens is 164 g/mol. The zero-order valence-corrected chi connectivity index (χ0v) is 7.28. The fourth-order valence-electron chi connectivity index (χ4n) is 1.26. The number of aromatic nitrogens is 2. The number of imidazole rings is 1. The summed E-state index contributed by atoms with van der Waals surface area (Å²) >= 11 is 0. The maximum absolute atomic E-state index is 9.53. The van der Waals surface area contributed by atoms with E-state index in [-0.39, 0.29) is 5.75 Å². The third kappa shape index (κ3) is 1.40. The summed E-state index contributed by atoms with van der Waals surface area (Å²) in [6.07, 6.45) is 1.71. The molecule has 1 aromatic heterocycles. The van der Waals surface area contributed by atoms with Gasteiger partial charge in [0, 0.05) is 5.56 Å². The molecule has 3 heteroatoms. The summed E-state index contributed by atoms with van der Waals surface area (Å²) in [5.41, 5.74) is 1.62.